The lowest BCUT2D eigenvalue weighted by Crippen LogP contribution is -2.00. The van der Waals surface area contributed by atoms with E-state index in [4.69, 9.17) is 9.40 Å². The Morgan fingerprint density at radius 1 is 1.41 bits per heavy atom. The molecule has 114 valence electrons. The largest absolute Gasteiger partial charge is 0.467 e. The topological polar surface area (TPSA) is 53.9 Å². The van der Waals surface area contributed by atoms with Gasteiger partial charge in [-0.3, -0.25) is 4.98 Å². The minimum absolute atomic E-state index is 0.685. The molecule has 3 aromatic rings. The maximum Gasteiger partial charge on any atom is 0.122 e. The molecule has 4 nitrogen and oxygen atoms in total. The van der Waals surface area contributed by atoms with Crippen LogP contribution in [-0.4, -0.2) is 9.97 Å². The van der Waals surface area contributed by atoms with Gasteiger partial charge in [0.05, 0.1) is 29.5 Å². The van der Waals surface area contributed by atoms with Crippen LogP contribution in [0, 0.1) is 6.92 Å². The second-order valence-electron chi connectivity index (χ2n) is 6.11. The molecule has 1 saturated carbocycles. The monoisotopic (exact) mass is 295 g/mol. The maximum absolute atomic E-state index is 5.41. The SMILES string of the molecule is CCc1[nH]c2c(NCc3ccco3)cc(C)nc2c1C1CC1. The standard InChI is InChI=1S/C18H21N3O/c1-3-14-16(12-6-7-12)18-17(21-14)15(9-11(2)20-18)19-10-13-5-4-8-22-13/h4-5,8-9,12,21H,3,6-7,10H2,1-2H3,(H,19,20). The molecular weight excluding hydrogens is 274 g/mol. The highest BCUT2D eigenvalue weighted by atomic mass is 16.3. The number of rotatable bonds is 5. The maximum atomic E-state index is 5.41. The van der Waals surface area contributed by atoms with Crippen LogP contribution < -0.4 is 5.32 Å². The van der Waals surface area contributed by atoms with Gasteiger partial charge in [0, 0.05) is 17.0 Å². The van der Waals surface area contributed by atoms with Gasteiger partial charge in [-0.15, -0.1) is 0 Å². The van der Waals surface area contributed by atoms with Gasteiger partial charge in [-0.25, -0.2) is 0 Å². The summed E-state index contributed by atoms with van der Waals surface area (Å²) in [5.74, 6) is 1.64. The summed E-state index contributed by atoms with van der Waals surface area (Å²) in [7, 11) is 0. The number of furan rings is 1. The Balaban J connectivity index is 1.77. The van der Waals surface area contributed by atoms with Crippen molar-refractivity contribution in [1.82, 2.24) is 9.97 Å². The van der Waals surface area contributed by atoms with Gasteiger partial charge in [0.2, 0.25) is 0 Å². The predicted molar refractivity (Wildman–Crippen MR) is 88.2 cm³/mol. The van der Waals surface area contributed by atoms with Gasteiger partial charge in [-0.1, -0.05) is 6.92 Å². The normalized spacial score (nSPS) is 14.6. The molecular formula is C18H21N3O. The van der Waals surface area contributed by atoms with E-state index < -0.39 is 0 Å². The minimum Gasteiger partial charge on any atom is -0.467 e. The molecule has 0 unspecified atom stereocenters. The highest BCUT2D eigenvalue weighted by Crippen LogP contribution is 2.45. The fourth-order valence-electron chi connectivity index (χ4n) is 3.18. The first-order valence-electron chi connectivity index (χ1n) is 8.04. The lowest BCUT2D eigenvalue weighted by atomic mass is 10.1. The van der Waals surface area contributed by atoms with Crippen molar-refractivity contribution in [3.8, 4) is 0 Å². The van der Waals surface area contributed by atoms with E-state index in [1.165, 1.54) is 24.1 Å². The number of hydrogen-bond donors (Lipinski definition) is 2. The third-order valence-corrected chi connectivity index (χ3v) is 4.38. The highest BCUT2D eigenvalue weighted by Gasteiger charge is 2.30. The van der Waals surface area contributed by atoms with Crippen molar-refractivity contribution >= 4 is 16.7 Å². The molecule has 3 aromatic heterocycles. The molecule has 1 aliphatic rings. The number of aromatic nitrogens is 2. The Morgan fingerprint density at radius 3 is 2.95 bits per heavy atom. The van der Waals surface area contributed by atoms with Crippen molar-refractivity contribution in [2.24, 2.45) is 0 Å². The zero-order chi connectivity index (χ0) is 15.1. The van der Waals surface area contributed by atoms with Crippen LogP contribution in [0.1, 0.15) is 48.4 Å². The molecule has 0 spiro atoms. The smallest absolute Gasteiger partial charge is 0.122 e. The first kappa shape index (κ1) is 13.4. The number of nitrogens with zero attached hydrogens (tertiary/aromatic N) is 1. The number of aromatic amines is 1. The third kappa shape index (κ3) is 2.28. The number of fused-ring (bicyclic) bond motifs is 1. The summed E-state index contributed by atoms with van der Waals surface area (Å²) in [4.78, 5) is 8.42. The quantitative estimate of drug-likeness (QED) is 0.728. The van der Waals surface area contributed by atoms with Crippen molar-refractivity contribution in [2.45, 2.75) is 45.6 Å². The summed E-state index contributed by atoms with van der Waals surface area (Å²) in [6.07, 6.45) is 5.33. The van der Waals surface area contributed by atoms with Gasteiger partial charge in [0.15, 0.2) is 0 Å². The molecule has 1 fully saturated rings. The average Bonchev–Trinajstić information content (AvgIpc) is 3.08. The van der Waals surface area contributed by atoms with E-state index >= 15 is 0 Å². The number of aryl methyl sites for hydroxylation is 2. The summed E-state index contributed by atoms with van der Waals surface area (Å²) in [5.41, 5.74) is 7.24. The Kier molecular flexibility index (Phi) is 3.17. The molecule has 3 heterocycles. The van der Waals surface area contributed by atoms with Gasteiger partial charge < -0.3 is 14.7 Å². The van der Waals surface area contributed by atoms with E-state index in [1.54, 1.807) is 6.26 Å². The Morgan fingerprint density at radius 2 is 2.27 bits per heavy atom. The van der Waals surface area contributed by atoms with Crippen molar-refractivity contribution in [1.29, 1.82) is 0 Å². The van der Waals surface area contributed by atoms with Gasteiger partial charge in [0.1, 0.15) is 5.76 Å². The Hall–Kier alpha value is -2.23. The van der Waals surface area contributed by atoms with Crippen LogP contribution in [0.5, 0.6) is 0 Å². The molecule has 0 aliphatic heterocycles. The molecule has 0 radical (unpaired) electrons. The van der Waals surface area contributed by atoms with E-state index in [1.807, 2.05) is 12.1 Å². The van der Waals surface area contributed by atoms with Crippen LogP contribution in [0.15, 0.2) is 28.9 Å². The van der Waals surface area contributed by atoms with E-state index in [0.717, 1.165) is 34.6 Å². The van der Waals surface area contributed by atoms with Crippen LogP contribution in [0.3, 0.4) is 0 Å². The summed E-state index contributed by atoms with van der Waals surface area (Å²) in [5, 5.41) is 3.49. The second-order valence-corrected chi connectivity index (χ2v) is 6.11. The molecule has 4 rings (SSSR count). The van der Waals surface area contributed by atoms with Gasteiger partial charge >= 0.3 is 0 Å². The molecule has 22 heavy (non-hydrogen) atoms. The fourth-order valence-corrected chi connectivity index (χ4v) is 3.18. The second kappa shape index (κ2) is 5.20. The van der Waals surface area contributed by atoms with Crippen LogP contribution in [-0.2, 0) is 13.0 Å². The summed E-state index contributed by atoms with van der Waals surface area (Å²) >= 11 is 0. The first-order valence-corrected chi connectivity index (χ1v) is 8.04. The molecule has 0 amide bonds. The Labute approximate surface area is 129 Å². The number of H-pyrrole nitrogens is 1. The molecule has 0 bridgehead atoms. The molecule has 1 aliphatic carbocycles. The van der Waals surface area contributed by atoms with Gasteiger partial charge in [-0.2, -0.15) is 0 Å². The van der Waals surface area contributed by atoms with E-state index in [-0.39, 0.29) is 0 Å². The fraction of sp³-hybridized carbons (Fsp3) is 0.389. The number of pyridine rings is 1. The van der Waals surface area contributed by atoms with Crippen LogP contribution >= 0.6 is 0 Å². The summed E-state index contributed by atoms with van der Waals surface area (Å²) in [6.45, 7) is 4.96. The molecule has 0 atom stereocenters. The van der Waals surface area contributed by atoms with Gasteiger partial charge in [0.25, 0.3) is 0 Å². The number of anilines is 1. The van der Waals surface area contributed by atoms with Crippen LogP contribution in [0.4, 0.5) is 5.69 Å². The summed E-state index contributed by atoms with van der Waals surface area (Å²) in [6, 6.07) is 6.01. The zero-order valence-corrected chi connectivity index (χ0v) is 13.1. The molecule has 4 heteroatoms. The van der Waals surface area contributed by atoms with Gasteiger partial charge in [-0.05, 0) is 50.3 Å². The van der Waals surface area contributed by atoms with E-state index in [9.17, 15) is 0 Å². The summed E-state index contributed by atoms with van der Waals surface area (Å²) < 4.78 is 5.41. The van der Waals surface area contributed by atoms with Crippen LogP contribution in [0.2, 0.25) is 0 Å². The Bertz CT molecular complexity index is 797. The first-order chi connectivity index (χ1) is 10.8. The number of nitrogens with one attached hydrogen (secondary N) is 2. The lowest BCUT2D eigenvalue weighted by Gasteiger charge is -2.07. The van der Waals surface area contributed by atoms with E-state index in [0.29, 0.717) is 12.5 Å². The molecule has 2 N–H and O–H groups in total. The van der Waals surface area contributed by atoms with Crippen molar-refractivity contribution in [3.63, 3.8) is 0 Å². The van der Waals surface area contributed by atoms with Crippen molar-refractivity contribution in [3.05, 3.63) is 47.2 Å². The lowest BCUT2D eigenvalue weighted by molar-refractivity contribution is 0.518. The highest BCUT2D eigenvalue weighted by molar-refractivity contribution is 5.92. The van der Waals surface area contributed by atoms with E-state index in [2.05, 4.69) is 30.2 Å². The van der Waals surface area contributed by atoms with Crippen LogP contribution in [0.25, 0.3) is 11.0 Å². The average molecular weight is 295 g/mol. The molecule has 0 aromatic carbocycles. The predicted octanol–water partition coefficient (Wildman–Crippen LogP) is 4.52. The molecule has 0 saturated heterocycles. The van der Waals surface area contributed by atoms with Crippen molar-refractivity contribution < 1.29 is 4.42 Å². The minimum atomic E-state index is 0.685. The van der Waals surface area contributed by atoms with Crippen molar-refractivity contribution in [2.75, 3.05) is 5.32 Å². The zero-order valence-electron chi connectivity index (χ0n) is 13.1. The third-order valence-electron chi connectivity index (χ3n) is 4.38. The number of hydrogen-bond acceptors (Lipinski definition) is 3.